The minimum atomic E-state index is -0.0967. The molecular weight excluding hydrogens is 568 g/mol. The second-order valence-electron chi connectivity index (χ2n) is 14.5. The number of benzene rings is 3. The number of hydrogen-bond donors (Lipinski definition) is 0. The third-order valence-corrected chi connectivity index (χ3v) is 11.9. The van der Waals surface area contributed by atoms with E-state index in [0.717, 1.165) is 37.4 Å². The Bertz CT molecular complexity index is 1830. The van der Waals surface area contributed by atoms with Gasteiger partial charge in [0.15, 0.2) is 11.8 Å². The van der Waals surface area contributed by atoms with E-state index in [-0.39, 0.29) is 10.8 Å². The Morgan fingerprint density at radius 3 is 2.47 bits per heavy atom. The number of hydrogen-bond acceptors (Lipinski definition) is 1. The van der Waals surface area contributed by atoms with Gasteiger partial charge in [0.05, 0.1) is 11.3 Å². The minimum absolute atomic E-state index is 0.0648. The Morgan fingerprint density at radius 2 is 1.67 bits per heavy atom. The summed E-state index contributed by atoms with van der Waals surface area (Å²) in [5.74, 6) is 0.525. The van der Waals surface area contributed by atoms with Crippen molar-refractivity contribution in [2.45, 2.75) is 91.0 Å². The summed E-state index contributed by atoms with van der Waals surface area (Å²) in [4.78, 5) is 2.50. The molecule has 3 heteroatoms. The van der Waals surface area contributed by atoms with Gasteiger partial charge < -0.3 is 4.90 Å². The van der Waals surface area contributed by atoms with Gasteiger partial charge in [0.25, 0.3) is 0 Å². The molecule has 2 nitrogen and oxygen atoms in total. The lowest BCUT2D eigenvalue weighted by molar-refractivity contribution is -0.558. The van der Waals surface area contributed by atoms with Gasteiger partial charge in [0, 0.05) is 40.9 Å². The molecule has 4 aliphatic rings. The molecular formula is C42H48ClN2+. The van der Waals surface area contributed by atoms with Crippen LogP contribution in [0.1, 0.15) is 89.8 Å². The van der Waals surface area contributed by atoms with Crippen molar-refractivity contribution in [3.8, 4) is 0 Å². The predicted molar refractivity (Wildman–Crippen MR) is 193 cm³/mol. The van der Waals surface area contributed by atoms with Crippen LogP contribution in [0.4, 0.5) is 5.69 Å². The minimum Gasteiger partial charge on any atom is -0.344 e. The fourth-order valence-electron chi connectivity index (χ4n) is 9.31. The number of anilines is 1. The van der Waals surface area contributed by atoms with E-state index in [0.29, 0.717) is 12.0 Å². The molecule has 3 aromatic rings. The van der Waals surface area contributed by atoms with Gasteiger partial charge >= 0.3 is 0 Å². The van der Waals surface area contributed by atoms with E-state index in [1.807, 2.05) is 0 Å². The maximum absolute atomic E-state index is 7.25. The Balaban J connectivity index is 1.22. The van der Waals surface area contributed by atoms with Crippen LogP contribution in [-0.2, 0) is 11.8 Å². The van der Waals surface area contributed by atoms with Gasteiger partial charge in [0.2, 0.25) is 0 Å². The molecule has 3 aromatic carbocycles. The van der Waals surface area contributed by atoms with E-state index in [9.17, 15) is 0 Å². The monoisotopic (exact) mass is 615 g/mol. The fraction of sp³-hybridized carbons (Fsp3) is 0.405. The van der Waals surface area contributed by atoms with Crippen molar-refractivity contribution in [1.29, 1.82) is 0 Å². The molecule has 7 rings (SSSR count). The molecule has 0 saturated heterocycles. The van der Waals surface area contributed by atoms with E-state index in [1.54, 1.807) is 11.1 Å². The molecule has 45 heavy (non-hydrogen) atoms. The van der Waals surface area contributed by atoms with Gasteiger partial charge in [-0.05, 0) is 104 Å². The van der Waals surface area contributed by atoms with Gasteiger partial charge in [-0.1, -0.05) is 92.2 Å². The molecule has 2 unspecified atom stereocenters. The third-order valence-electron chi connectivity index (χ3n) is 11.4. The largest absolute Gasteiger partial charge is 0.344 e. The Morgan fingerprint density at radius 1 is 0.889 bits per heavy atom. The number of likely N-dealkylation sites (N-methyl/N-ethyl adjacent to an activating group) is 2. The van der Waals surface area contributed by atoms with Crippen molar-refractivity contribution in [2.75, 3.05) is 18.0 Å². The zero-order chi connectivity index (χ0) is 31.5. The summed E-state index contributed by atoms with van der Waals surface area (Å²) in [7, 11) is 0. The molecule has 2 heterocycles. The van der Waals surface area contributed by atoms with Crippen LogP contribution in [0.2, 0.25) is 0 Å². The standard InChI is InChI=1S/C42H48ClN2/c1-7-44-34-24-20-28-14-9-11-18-32(28)38(34)41(3,4)36(44)26-22-30-16-13-17-31(40(30)43)23-27-37-42(5,6)39-33-19-12-10-15-29(33)21-25-35(39)45(37)8-2/h9-12,14-15,18-20,22-24,26-27,35,39H,7-8,13,16-17,21,25H2,1-6H3/q+1. The first-order valence-corrected chi connectivity index (χ1v) is 17.6. The number of allylic oxidation sites excluding steroid dienone is 8. The first kappa shape index (κ1) is 30.3. The lowest BCUT2D eigenvalue weighted by atomic mass is 9.66. The smallest absolute Gasteiger partial charge is 0.182 e. The zero-order valence-corrected chi connectivity index (χ0v) is 28.7. The average Bonchev–Trinajstić information content (AvgIpc) is 3.41. The average molecular weight is 616 g/mol. The zero-order valence-electron chi connectivity index (χ0n) is 28.0. The number of fused-ring (bicyclic) bond motifs is 6. The molecule has 0 bridgehead atoms. The van der Waals surface area contributed by atoms with Crippen LogP contribution in [0, 0.1) is 5.41 Å². The summed E-state index contributed by atoms with van der Waals surface area (Å²) >= 11 is 7.25. The third kappa shape index (κ3) is 4.78. The summed E-state index contributed by atoms with van der Waals surface area (Å²) in [5.41, 5.74) is 11.2. The van der Waals surface area contributed by atoms with E-state index in [4.69, 9.17) is 11.6 Å². The molecule has 2 atom stereocenters. The highest BCUT2D eigenvalue weighted by Gasteiger charge is 2.55. The van der Waals surface area contributed by atoms with Crippen LogP contribution < -0.4 is 4.90 Å². The molecule has 2 aliphatic carbocycles. The summed E-state index contributed by atoms with van der Waals surface area (Å²) in [5, 5.41) is 3.61. The first-order chi connectivity index (χ1) is 21.7. The maximum atomic E-state index is 7.25. The van der Waals surface area contributed by atoms with Gasteiger partial charge in [-0.25, -0.2) is 4.58 Å². The quantitative estimate of drug-likeness (QED) is 0.259. The highest BCUT2D eigenvalue weighted by atomic mass is 35.5. The molecule has 0 radical (unpaired) electrons. The van der Waals surface area contributed by atoms with Crippen molar-refractivity contribution >= 4 is 33.8 Å². The summed E-state index contributed by atoms with van der Waals surface area (Å²) in [6.07, 6.45) is 15.0. The van der Waals surface area contributed by atoms with Crippen molar-refractivity contribution < 1.29 is 4.58 Å². The topological polar surface area (TPSA) is 6.25 Å². The molecule has 0 aromatic heterocycles. The predicted octanol–water partition coefficient (Wildman–Crippen LogP) is 10.6. The van der Waals surface area contributed by atoms with Crippen LogP contribution in [-0.4, -0.2) is 29.4 Å². The second kappa shape index (κ2) is 11.5. The maximum Gasteiger partial charge on any atom is 0.182 e. The number of halogens is 1. The number of rotatable bonds is 5. The number of aryl methyl sites for hydroxylation is 1. The van der Waals surface area contributed by atoms with E-state index >= 15 is 0 Å². The van der Waals surface area contributed by atoms with Gasteiger partial charge in [-0.3, -0.25) is 0 Å². The first-order valence-electron chi connectivity index (χ1n) is 17.2. The van der Waals surface area contributed by atoms with Crippen LogP contribution in [0.3, 0.4) is 0 Å². The SMILES string of the molecule is CCN1C(=CC=C2CCCC(C=CC3=[N+](CC)C4CCc5ccccc5C4C3(C)C)=C2Cl)C(C)(C)c2c1ccc1ccccc21. The van der Waals surface area contributed by atoms with Crippen molar-refractivity contribution in [3.63, 3.8) is 0 Å². The van der Waals surface area contributed by atoms with E-state index in [1.165, 1.54) is 57.4 Å². The summed E-state index contributed by atoms with van der Waals surface area (Å²) < 4.78 is 2.69. The van der Waals surface area contributed by atoms with E-state index in [2.05, 4.69) is 136 Å². The van der Waals surface area contributed by atoms with Gasteiger partial charge in [-0.15, -0.1) is 0 Å². The Hall–Kier alpha value is -3.36. The van der Waals surface area contributed by atoms with Crippen LogP contribution in [0.5, 0.6) is 0 Å². The Labute approximate surface area is 275 Å². The molecule has 0 fully saturated rings. The number of nitrogens with zero attached hydrogens (tertiary/aromatic N) is 2. The van der Waals surface area contributed by atoms with Gasteiger partial charge in [-0.2, -0.15) is 0 Å². The Kier molecular flexibility index (Phi) is 7.72. The fourth-order valence-corrected chi connectivity index (χ4v) is 9.63. The molecule has 0 amide bonds. The van der Waals surface area contributed by atoms with Crippen LogP contribution in [0.25, 0.3) is 10.8 Å². The van der Waals surface area contributed by atoms with Gasteiger partial charge in [0.1, 0.15) is 6.54 Å². The lowest BCUT2D eigenvalue weighted by Crippen LogP contribution is -2.34. The molecule has 0 spiro atoms. The van der Waals surface area contributed by atoms with Crippen LogP contribution in [0.15, 0.2) is 107 Å². The molecule has 232 valence electrons. The van der Waals surface area contributed by atoms with Crippen LogP contribution >= 0.6 is 11.6 Å². The van der Waals surface area contributed by atoms with Crippen molar-refractivity contribution in [3.05, 3.63) is 124 Å². The van der Waals surface area contributed by atoms with E-state index < -0.39 is 0 Å². The molecule has 0 saturated carbocycles. The lowest BCUT2D eigenvalue weighted by Gasteiger charge is -2.32. The highest BCUT2D eigenvalue weighted by Crippen LogP contribution is 2.52. The summed E-state index contributed by atoms with van der Waals surface area (Å²) in [6, 6.07) is 23.1. The van der Waals surface area contributed by atoms with Crippen molar-refractivity contribution in [2.24, 2.45) is 5.41 Å². The highest BCUT2D eigenvalue weighted by molar-refractivity contribution is 6.32. The van der Waals surface area contributed by atoms with Crippen molar-refractivity contribution in [1.82, 2.24) is 0 Å². The molecule has 2 aliphatic heterocycles. The summed E-state index contributed by atoms with van der Waals surface area (Å²) in [6.45, 7) is 16.2. The second-order valence-corrected chi connectivity index (χ2v) is 14.9. The molecule has 0 N–H and O–H groups in total. The normalized spacial score (nSPS) is 25.5.